The molecule has 5 nitrogen and oxygen atoms in total. The second-order valence-corrected chi connectivity index (χ2v) is 5.87. The first-order valence-corrected chi connectivity index (χ1v) is 6.60. The van der Waals surface area contributed by atoms with Crippen LogP contribution in [-0.2, 0) is 12.0 Å². The van der Waals surface area contributed by atoms with Gasteiger partial charge in [-0.25, -0.2) is 0 Å². The van der Waals surface area contributed by atoms with Crippen LogP contribution >= 0.6 is 11.5 Å². The first kappa shape index (κ1) is 12.9. The number of hydrogen-bond acceptors (Lipinski definition) is 5. The van der Waals surface area contributed by atoms with Crippen LogP contribution in [0.2, 0.25) is 0 Å². The van der Waals surface area contributed by atoms with E-state index >= 15 is 0 Å². The number of carbonyl (C=O) groups is 1. The Hall–Kier alpha value is -1.56. The average Bonchev–Trinajstić information content (AvgIpc) is 2.96. The summed E-state index contributed by atoms with van der Waals surface area (Å²) in [7, 11) is 0. The first-order chi connectivity index (χ1) is 8.43. The minimum absolute atomic E-state index is 0.0466. The smallest absolute Gasteiger partial charge is 0.209 e. The van der Waals surface area contributed by atoms with Gasteiger partial charge in [0.25, 0.3) is 0 Å². The highest BCUT2D eigenvalue weighted by molar-refractivity contribution is 7.08. The molecule has 2 aromatic rings. The molecule has 18 heavy (non-hydrogen) atoms. The zero-order chi connectivity index (χ0) is 13.3. The van der Waals surface area contributed by atoms with E-state index in [0.717, 1.165) is 23.8 Å². The van der Waals surface area contributed by atoms with Gasteiger partial charge in [-0.1, -0.05) is 25.3 Å². The number of aromatic nitrogens is 4. The first-order valence-electron chi connectivity index (χ1n) is 5.83. The van der Waals surface area contributed by atoms with Crippen molar-refractivity contribution in [3.05, 3.63) is 28.5 Å². The molecule has 0 radical (unpaired) electrons. The van der Waals surface area contributed by atoms with Crippen molar-refractivity contribution in [2.75, 3.05) is 0 Å². The highest BCUT2D eigenvalue weighted by Gasteiger charge is 2.27. The van der Waals surface area contributed by atoms with Crippen molar-refractivity contribution < 1.29 is 4.79 Å². The Kier molecular flexibility index (Phi) is 3.30. The summed E-state index contributed by atoms with van der Waals surface area (Å²) in [6, 6.07) is 0. The zero-order valence-electron chi connectivity index (χ0n) is 11.0. The highest BCUT2D eigenvalue weighted by atomic mass is 32.1. The molecule has 0 aromatic carbocycles. The fourth-order valence-corrected chi connectivity index (χ4v) is 2.45. The molecule has 0 aliphatic carbocycles. The standard InChI is InChI=1S/C12H16N4OS/c1-5-16-7-8(6-13-16)9(17)10-11(12(2,3)4)14-15-18-10/h6-7H,5H2,1-4H3. The second kappa shape index (κ2) is 4.61. The Morgan fingerprint density at radius 2 is 2.17 bits per heavy atom. The number of carbonyl (C=O) groups excluding carboxylic acids is 1. The highest BCUT2D eigenvalue weighted by Crippen LogP contribution is 2.27. The number of hydrogen-bond donors (Lipinski definition) is 0. The molecule has 0 saturated carbocycles. The van der Waals surface area contributed by atoms with Crippen molar-refractivity contribution in [2.24, 2.45) is 0 Å². The van der Waals surface area contributed by atoms with E-state index in [4.69, 9.17) is 0 Å². The molecule has 0 atom stereocenters. The lowest BCUT2D eigenvalue weighted by Crippen LogP contribution is -2.16. The van der Waals surface area contributed by atoms with E-state index in [1.807, 2.05) is 27.7 Å². The lowest BCUT2D eigenvalue weighted by Gasteiger charge is -2.15. The Morgan fingerprint density at radius 3 is 2.72 bits per heavy atom. The molecule has 0 saturated heterocycles. The van der Waals surface area contributed by atoms with Gasteiger partial charge in [0.1, 0.15) is 4.88 Å². The van der Waals surface area contributed by atoms with Crippen molar-refractivity contribution in [3.8, 4) is 0 Å². The van der Waals surface area contributed by atoms with E-state index in [1.54, 1.807) is 17.1 Å². The minimum atomic E-state index is -0.182. The van der Waals surface area contributed by atoms with Crippen molar-refractivity contribution in [2.45, 2.75) is 39.7 Å². The fourth-order valence-electron chi connectivity index (χ4n) is 1.62. The van der Waals surface area contributed by atoms with E-state index in [-0.39, 0.29) is 11.2 Å². The molecule has 2 rings (SSSR count). The normalized spacial score (nSPS) is 11.8. The van der Waals surface area contributed by atoms with Crippen molar-refractivity contribution >= 4 is 17.3 Å². The monoisotopic (exact) mass is 264 g/mol. The van der Waals surface area contributed by atoms with Gasteiger partial charge in [0.2, 0.25) is 5.78 Å². The summed E-state index contributed by atoms with van der Waals surface area (Å²) in [5, 5.41) is 8.20. The van der Waals surface area contributed by atoms with E-state index in [1.165, 1.54) is 0 Å². The van der Waals surface area contributed by atoms with Gasteiger partial charge in [0, 0.05) is 18.2 Å². The lowest BCUT2D eigenvalue weighted by molar-refractivity contribution is 0.104. The maximum Gasteiger partial charge on any atom is 0.209 e. The molecular weight excluding hydrogens is 248 g/mol. The molecule has 6 heteroatoms. The van der Waals surface area contributed by atoms with Crippen LogP contribution < -0.4 is 0 Å². The lowest BCUT2D eigenvalue weighted by atomic mass is 9.90. The molecule has 0 unspecified atom stereocenters. The number of rotatable bonds is 3. The van der Waals surface area contributed by atoms with Crippen LogP contribution in [0.25, 0.3) is 0 Å². The van der Waals surface area contributed by atoms with Crippen molar-refractivity contribution in [1.29, 1.82) is 0 Å². The fraction of sp³-hybridized carbons (Fsp3) is 0.500. The van der Waals surface area contributed by atoms with Crippen LogP contribution in [0.5, 0.6) is 0 Å². The predicted octanol–water partition coefficient (Wildman–Crippen LogP) is 2.28. The van der Waals surface area contributed by atoms with Crippen molar-refractivity contribution in [3.63, 3.8) is 0 Å². The molecule has 2 heterocycles. The average molecular weight is 264 g/mol. The molecule has 0 aliphatic rings. The maximum absolute atomic E-state index is 12.4. The summed E-state index contributed by atoms with van der Waals surface area (Å²) >= 11 is 1.15. The Morgan fingerprint density at radius 1 is 1.44 bits per heavy atom. The molecule has 0 N–H and O–H groups in total. The Balaban J connectivity index is 2.38. The van der Waals surface area contributed by atoms with E-state index in [0.29, 0.717) is 10.4 Å². The molecule has 2 aromatic heterocycles. The third-order valence-electron chi connectivity index (χ3n) is 2.62. The molecule has 96 valence electrons. The van der Waals surface area contributed by atoms with Crippen molar-refractivity contribution in [1.82, 2.24) is 19.4 Å². The Labute approximate surface area is 110 Å². The maximum atomic E-state index is 12.4. The number of ketones is 1. The van der Waals surface area contributed by atoms with E-state index in [9.17, 15) is 4.79 Å². The largest absolute Gasteiger partial charge is 0.287 e. The third-order valence-corrected chi connectivity index (χ3v) is 3.35. The second-order valence-electron chi connectivity index (χ2n) is 5.11. The number of nitrogens with zero attached hydrogens (tertiary/aromatic N) is 4. The summed E-state index contributed by atoms with van der Waals surface area (Å²) in [4.78, 5) is 13.0. The van der Waals surface area contributed by atoms with Gasteiger partial charge in [0.05, 0.1) is 17.5 Å². The quantitative estimate of drug-likeness (QED) is 0.798. The van der Waals surface area contributed by atoms with Gasteiger partial charge in [-0.2, -0.15) is 5.10 Å². The molecule has 0 aliphatic heterocycles. The van der Waals surface area contributed by atoms with Crippen LogP contribution in [0.3, 0.4) is 0 Å². The summed E-state index contributed by atoms with van der Waals surface area (Å²) in [6.45, 7) is 8.80. The zero-order valence-corrected chi connectivity index (χ0v) is 11.8. The van der Waals surface area contributed by atoms with Gasteiger partial charge in [0.15, 0.2) is 0 Å². The van der Waals surface area contributed by atoms with Crippen LogP contribution in [0, 0.1) is 0 Å². The summed E-state index contributed by atoms with van der Waals surface area (Å²) in [5.74, 6) is -0.0466. The van der Waals surface area contributed by atoms with Crippen LogP contribution in [0.4, 0.5) is 0 Å². The van der Waals surface area contributed by atoms with Gasteiger partial charge in [-0.05, 0) is 18.5 Å². The minimum Gasteiger partial charge on any atom is -0.287 e. The molecule has 0 bridgehead atoms. The summed E-state index contributed by atoms with van der Waals surface area (Å²) < 4.78 is 5.64. The van der Waals surface area contributed by atoms with Crippen LogP contribution in [0.1, 0.15) is 48.6 Å². The molecule has 0 spiro atoms. The van der Waals surface area contributed by atoms with Gasteiger partial charge in [-0.3, -0.25) is 9.48 Å². The van der Waals surface area contributed by atoms with E-state index in [2.05, 4.69) is 14.7 Å². The van der Waals surface area contributed by atoms with Crippen LogP contribution in [-0.4, -0.2) is 25.2 Å². The predicted molar refractivity (Wildman–Crippen MR) is 69.9 cm³/mol. The number of aryl methyl sites for hydroxylation is 1. The van der Waals surface area contributed by atoms with Gasteiger partial charge >= 0.3 is 0 Å². The molecule has 0 fully saturated rings. The molecule has 0 amide bonds. The van der Waals surface area contributed by atoms with Gasteiger partial charge in [-0.15, -0.1) is 5.10 Å². The SMILES string of the molecule is CCn1cc(C(=O)c2snnc2C(C)(C)C)cn1. The summed E-state index contributed by atoms with van der Waals surface area (Å²) in [5.41, 5.74) is 1.16. The molecular formula is C12H16N4OS. The van der Waals surface area contributed by atoms with Gasteiger partial charge < -0.3 is 0 Å². The topological polar surface area (TPSA) is 60.7 Å². The summed E-state index contributed by atoms with van der Waals surface area (Å²) in [6.07, 6.45) is 3.35. The van der Waals surface area contributed by atoms with Crippen LogP contribution in [0.15, 0.2) is 12.4 Å². The Bertz CT molecular complexity index is 565. The van der Waals surface area contributed by atoms with E-state index < -0.39 is 0 Å². The third kappa shape index (κ3) is 2.33.